The summed E-state index contributed by atoms with van der Waals surface area (Å²) in [6.45, 7) is 13.0. The van der Waals surface area contributed by atoms with Gasteiger partial charge < -0.3 is 15.1 Å². The molecule has 1 fully saturated rings. The van der Waals surface area contributed by atoms with Gasteiger partial charge in [-0.15, -0.1) is 21.5 Å². The van der Waals surface area contributed by atoms with E-state index in [-0.39, 0.29) is 35.6 Å². The summed E-state index contributed by atoms with van der Waals surface area (Å²) in [7, 11) is 2.09. The van der Waals surface area contributed by atoms with Crippen LogP contribution >= 0.6 is 22.9 Å². The number of likely N-dealkylation sites (tertiary alicyclic amines) is 1. The maximum absolute atomic E-state index is 14.1. The Morgan fingerprint density at radius 2 is 1.53 bits per heavy atom. The van der Waals surface area contributed by atoms with Crippen LogP contribution in [0.5, 0.6) is 11.5 Å². The smallest absolute Gasteiger partial charge is 0.348 e. The van der Waals surface area contributed by atoms with Crippen LogP contribution in [0.4, 0.5) is 0 Å². The highest BCUT2D eigenvalue weighted by molar-refractivity contribution is 7.15. The van der Waals surface area contributed by atoms with Crippen molar-refractivity contribution in [3.8, 4) is 33.6 Å². The summed E-state index contributed by atoms with van der Waals surface area (Å²) in [4.78, 5) is 37.7. The number of phenols is 2. The number of carbonyl (C=O) groups is 1. The van der Waals surface area contributed by atoms with Gasteiger partial charge in [-0.3, -0.25) is 19.3 Å². The fourth-order valence-corrected chi connectivity index (χ4v) is 10.6. The molecule has 2 aliphatic heterocycles. The zero-order valence-corrected chi connectivity index (χ0v) is 39.6. The summed E-state index contributed by atoms with van der Waals surface area (Å²) in [5.74, 6) is 2.15. The Morgan fingerprint density at radius 3 is 2.20 bits per heavy atom. The molecule has 4 aromatic carbocycles. The lowest BCUT2D eigenvalue weighted by Gasteiger charge is -2.32. The second kappa shape index (κ2) is 18.5. The van der Waals surface area contributed by atoms with Crippen LogP contribution in [-0.4, -0.2) is 81.3 Å². The molecule has 0 radical (unpaired) electrons. The van der Waals surface area contributed by atoms with Gasteiger partial charge in [0.15, 0.2) is 11.6 Å². The topological polar surface area (TPSA) is 158 Å². The number of amides is 1. The van der Waals surface area contributed by atoms with Gasteiger partial charge in [0.25, 0.3) is 0 Å². The molecule has 1 saturated heterocycles. The molecule has 2 aliphatic rings. The quantitative estimate of drug-likeness (QED) is 0.109. The first kappa shape index (κ1) is 44.8. The minimum Gasteiger partial charge on any atom is -0.508 e. The summed E-state index contributed by atoms with van der Waals surface area (Å²) < 4.78 is 3.53. The number of carbonyl (C=O) groups excluding carboxylic acids is 1. The van der Waals surface area contributed by atoms with E-state index < -0.39 is 11.7 Å². The molecule has 0 aliphatic carbocycles. The van der Waals surface area contributed by atoms with Crippen molar-refractivity contribution in [1.29, 1.82) is 0 Å². The third-order valence-corrected chi connectivity index (χ3v) is 14.5. The summed E-state index contributed by atoms with van der Waals surface area (Å²) in [5.41, 5.74) is 8.82. The monoisotopic (exact) mass is 923 g/mol. The molecule has 3 N–H and O–H groups in total. The number of hydrogen-bond donors (Lipinski definition) is 3. The predicted octanol–water partition coefficient (Wildman–Crippen LogP) is 9.38. The van der Waals surface area contributed by atoms with E-state index in [1.165, 1.54) is 26.6 Å². The van der Waals surface area contributed by atoms with E-state index >= 15 is 0 Å². The molecule has 13 nitrogen and oxygen atoms in total. The number of halogens is 1. The van der Waals surface area contributed by atoms with Crippen LogP contribution in [0.2, 0.25) is 5.02 Å². The van der Waals surface area contributed by atoms with Gasteiger partial charge in [0, 0.05) is 53.3 Å². The molecule has 0 saturated carbocycles. The molecular formula is C51H54ClN9O4S. The van der Waals surface area contributed by atoms with Crippen LogP contribution in [0, 0.1) is 26.7 Å². The first-order chi connectivity index (χ1) is 31.7. The largest absolute Gasteiger partial charge is 0.508 e. The van der Waals surface area contributed by atoms with Crippen LogP contribution in [0.1, 0.15) is 101 Å². The van der Waals surface area contributed by atoms with Gasteiger partial charge in [-0.25, -0.2) is 14.5 Å². The molecule has 0 spiro atoms. The highest BCUT2D eigenvalue weighted by Crippen LogP contribution is 2.41. The number of hydrogen-bond acceptors (Lipinski definition) is 10. The van der Waals surface area contributed by atoms with E-state index in [0.29, 0.717) is 53.2 Å². The Hall–Kier alpha value is -6.35. The van der Waals surface area contributed by atoms with Gasteiger partial charge in [0.2, 0.25) is 5.91 Å². The van der Waals surface area contributed by atoms with E-state index in [2.05, 4.69) is 75.0 Å². The predicted molar refractivity (Wildman–Crippen MR) is 260 cm³/mol. The highest BCUT2D eigenvalue weighted by atomic mass is 35.5. The van der Waals surface area contributed by atoms with Crippen LogP contribution in [0.3, 0.4) is 0 Å². The average Bonchev–Trinajstić information content (AvgIpc) is 3.93. The molecule has 7 aromatic rings. The number of phenolic OH excluding ortho intramolecular Hbond substituents is 2. The number of thiophene rings is 1. The van der Waals surface area contributed by atoms with Crippen LogP contribution < -0.4 is 5.69 Å². The molecule has 9 rings (SSSR count). The van der Waals surface area contributed by atoms with Gasteiger partial charge in [0.1, 0.15) is 28.4 Å². The van der Waals surface area contributed by atoms with Gasteiger partial charge in [-0.05, 0) is 117 Å². The Morgan fingerprint density at radius 1 is 0.879 bits per heavy atom. The number of rotatable bonds is 12. The molecule has 66 heavy (non-hydrogen) atoms. The fraction of sp³-hybridized carbons (Fsp3) is 0.333. The zero-order chi connectivity index (χ0) is 46.4. The van der Waals surface area contributed by atoms with Crippen molar-refractivity contribution in [1.82, 2.24) is 39.3 Å². The van der Waals surface area contributed by atoms with E-state index in [1.54, 1.807) is 17.4 Å². The average molecular weight is 925 g/mol. The molecule has 1 atom stereocenters. The first-order valence-electron chi connectivity index (χ1n) is 22.5. The van der Waals surface area contributed by atoms with E-state index in [1.807, 2.05) is 74.2 Å². The number of aromatic hydroxyl groups is 2. The van der Waals surface area contributed by atoms with E-state index in [4.69, 9.17) is 16.6 Å². The summed E-state index contributed by atoms with van der Waals surface area (Å²) in [6, 6.07) is 26.9. The molecule has 0 bridgehead atoms. The lowest BCUT2D eigenvalue weighted by atomic mass is 9.89. The standard InChI is InChI=1S/C51H54ClN9O4S/c1-29(2)40-24-41(44(63)26-43(40)62)48-55-57-51(65)61(48)39-17-11-36(12-18-39)28-58(6)27-35-9-7-33(8-10-35)23-34-19-21-59(22-20-34)45(64)25-42-49-56-54-32(5)60(49)50-46(30(3)31(4)66-50)47(53-42)37-13-15-38(52)16-14-37/h7-18,24,26,29,34,42,62-63H,19-23,25,27-28H2,1-6H3,(H,57,65)/t42-/m0/s1. The number of nitrogens with one attached hydrogen (secondary N) is 1. The molecule has 5 heterocycles. The fourth-order valence-electron chi connectivity index (χ4n) is 9.31. The molecule has 15 heteroatoms. The Bertz CT molecular complexity index is 3000. The van der Waals surface area contributed by atoms with Crippen LogP contribution in [0.25, 0.3) is 22.1 Å². The number of piperidine rings is 1. The van der Waals surface area contributed by atoms with Crippen molar-refractivity contribution in [2.75, 3.05) is 20.1 Å². The van der Waals surface area contributed by atoms with Gasteiger partial charge in [-0.2, -0.15) is 5.10 Å². The maximum atomic E-state index is 14.1. The summed E-state index contributed by atoms with van der Waals surface area (Å²) in [6.07, 6.45) is 3.07. The van der Waals surface area contributed by atoms with Crippen molar-refractivity contribution in [3.63, 3.8) is 0 Å². The Balaban J connectivity index is 0.795. The van der Waals surface area contributed by atoms with Crippen molar-refractivity contribution >= 4 is 34.6 Å². The Labute approximate surface area is 393 Å². The molecule has 3 aromatic heterocycles. The summed E-state index contributed by atoms with van der Waals surface area (Å²) in [5, 5.41) is 38.5. The van der Waals surface area contributed by atoms with Crippen molar-refractivity contribution < 1.29 is 15.0 Å². The van der Waals surface area contributed by atoms with Crippen LogP contribution in [-0.2, 0) is 24.3 Å². The minimum absolute atomic E-state index is 0.00256. The molecular weight excluding hydrogens is 870 g/mol. The van der Waals surface area contributed by atoms with E-state index in [9.17, 15) is 19.8 Å². The maximum Gasteiger partial charge on any atom is 0.348 e. The lowest BCUT2D eigenvalue weighted by molar-refractivity contribution is -0.133. The zero-order valence-electron chi connectivity index (χ0n) is 38.0. The van der Waals surface area contributed by atoms with Crippen LogP contribution in [0.15, 0.2) is 94.7 Å². The van der Waals surface area contributed by atoms with Crippen molar-refractivity contribution in [2.45, 2.75) is 85.4 Å². The number of aryl methyl sites for hydroxylation is 2. The van der Waals surface area contributed by atoms with Gasteiger partial charge in [0.05, 0.1) is 23.4 Å². The molecule has 0 unspecified atom stereocenters. The van der Waals surface area contributed by atoms with Gasteiger partial charge >= 0.3 is 5.69 Å². The second-order valence-corrected chi connectivity index (χ2v) is 19.7. The molecule has 1 amide bonds. The second-order valence-electron chi connectivity index (χ2n) is 18.1. The van der Waals surface area contributed by atoms with Crippen molar-refractivity contribution in [3.05, 3.63) is 156 Å². The number of nitrogens with zero attached hydrogens (tertiary/aromatic N) is 8. The minimum atomic E-state index is -0.485. The Kier molecular flexibility index (Phi) is 12.6. The number of aromatic amines is 1. The number of aliphatic imine (C=N–C) groups is 1. The lowest BCUT2D eigenvalue weighted by Crippen LogP contribution is -2.39. The highest BCUT2D eigenvalue weighted by Gasteiger charge is 2.34. The number of aromatic nitrogens is 6. The van der Waals surface area contributed by atoms with E-state index in [0.717, 1.165) is 64.6 Å². The normalized spacial score (nSPS) is 15.3. The van der Waals surface area contributed by atoms with Crippen molar-refractivity contribution in [2.24, 2.45) is 10.9 Å². The number of benzene rings is 4. The summed E-state index contributed by atoms with van der Waals surface area (Å²) >= 11 is 8.00. The SMILES string of the molecule is Cc1sc2c(c1C)C(c1ccc(Cl)cc1)=N[C@@H](CC(=O)N1CCC(Cc3ccc(CN(C)Cc4ccc(-n5c(-c6cc(C(C)C)c(O)cc6O)n[nH]c5=O)cc4)cc3)CC1)c1nnc(C)n1-2. The third kappa shape index (κ3) is 8.97. The first-order valence-corrected chi connectivity index (χ1v) is 23.6. The van der Waals surface area contributed by atoms with Gasteiger partial charge in [-0.1, -0.05) is 74.0 Å². The number of H-pyrrole nitrogens is 1. The molecule has 340 valence electrons. The number of fused-ring (bicyclic) bond motifs is 3. The third-order valence-electron chi connectivity index (χ3n) is 13.0.